The molecule has 2 aliphatic rings. The number of carbonyl (C=O) groups is 2. The van der Waals surface area contributed by atoms with E-state index in [9.17, 15) is 9.59 Å². The van der Waals surface area contributed by atoms with E-state index in [4.69, 9.17) is 9.47 Å². The quantitative estimate of drug-likeness (QED) is 0.237. The molecule has 1 aliphatic carbocycles. The molecule has 5 heteroatoms. The molecule has 0 saturated carbocycles. The van der Waals surface area contributed by atoms with E-state index in [-0.39, 0.29) is 18.4 Å². The Balaban J connectivity index is 1.99. The van der Waals surface area contributed by atoms with Gasteiger partial charge >= 0.3 is 5.97 Å². The third kappa shape index (κ3) is 4.46. The number of amides is 1. The Hall–Kier alpha value is -2.56. The molecule has 150 valence electrons. The molecule has 0 spiro atoms. The average Bonchev–Trinajstić information content (AvgIpc) is 2.66. The van der Waals surface area contributed by atoms with Crippen LogP contribution in [0.3, 0.4) is 0 Å². The average molecular weight is 383 g/mol. The van der Waals surface area contributed by atoms with Crippen LogP contribution in [0.4, 0.5) is 0 Å². The van der Waals surface area contributed by atoms with Crippen LogP contribution in [0.15, 0.2) is 36.1 Å². The Morgan fingerprint density at radius 1 is 1.39 bits per heavy atom. The number of ether oxygens (including phenoxy) is 2. The number of aryl methyl sites for hydroxylation is 1. The first kappa shape index (κ1) is 20.2. The SMILES string of the molecule is C=C1Oc2cc(CCCCC)cc(OC(=O)CNC=O)c2[C@@H]2C=C(C)CC[C@@H]12. The van der Waals surface area contributed by atoms with Crippen molar-refractivity contribution in [2.45, 2.75) is 58.3 Å². The molecule has 3 rings (SSSR count). The predicted octanol–water partition coefficient (Wildman–Crippen LogP) is 4.42. The molecular formula is C23H29NO4. The lowest BCUT2D eigenvalue weighted by Gasteiger charge is -2.37. The maximum Gasteiger partial charge on any atom is 0.330 e. The van der Waals surface area contributed by atoms with Gasteiger partial charge in [-0.2, -0.15) is 0 Å². The number of allylic oxidation sites excluding steroid dienone is 3. The Bertz CT molecular complexity index is 796. The molecule has 0 saturated heterocycles. The molecule has 1 aromatic carbocycles. The van der Waals surface area contributed by atoms with Crippen LogP contribution in [0.5, 0.6) is 11.5 Å². The van der Waals surface area contributed by atoms with Gasteiger partial charge in [-0.15, -0.1) is 0 Å². The molecular weight excluding hydrogens is 354 g/mol. The number of nitrogens with one attached hydrogen (secondary N) is 1. The van der Waals surface area contributed by atoms with Crippen LogP contribution in [0.25, 0.3) is 0 Å². The first-order chi connectivity index (χ1) is 13.5. The van der Waals surface area contributed by atoms with Crippen molar-refractivity contribution in [3.63, 3.8) is 0 Å². The lowest BCUT2D eigenvalue weighted by atomic mass is 9.74. The largest absolute Gasteiger partial charge is 0.462 e. The molecule has 0 radical (unpaired) electrons. The molecule has 28 heavy (non-hydrogen) atoms. The summed E-state index contributed by atoms with van der Waals surface area (Å²) in [4.78, 5) is 22.7. The van der Waals surface area contributed by atoms with Gasteiger partial charge in [-0.3, -0.25) is 4.79 Å². The van der Waals surface area contributed by atoms with Gasteiger partial charge in [0.1, 0.15) is 23.8 Å². The van der Waals surface area contributed by atoms with E-state index in [0.717, 1.165) is 61.2 Å². The number of hydrogen-bond donors (Lipinski definition) is 1. The lowest BCUT2D eigenvalue weighted by molar-refractivity contribution is -0.134. The number of fused-ring (bicyclic) bond motifs is 3. The molecule has 1 aromatic rings. The maximum atomic E-state index is 12.2. The second-order valence-corrected chi connectivity index (χ2v) is 7.69. The topological polar surface area (TPSA) is 64.6 Å². The number of hydrogen-bond acceptors (Lipinski definition) is 4. The van der Waals surface area contributed by atoms with Crippen LogP contribution in [-0.2, 0) is 16.0 Å². The van der Waals surface area contributed by atoms with Gasteiger partial charge in [0, 0.05) is 17.4 Å². The van der Waals surface area contributed by atoms with Gasteiger partial charge in [-0.05, 0) is 50.3 Å². The normalized spacial score (nSPS) is 20.4. The number of benzene rings is 1. The maximum absolute atomic E-state index is 12.2. The van der Waals surface area contributed by atoms with Gasteiger partial charge in [0.05, 0.1) is 0 Å². The van der Waals surface area contributed by atoms with Gasteiger partial charge in [-0.1, -0.05) is 38.0 Å². The summed E-state index contributed by atoms with van der Waals surface area (Å²) in [5, 5.41) is 2.36. The van der Waals surface area contributed by atoms with Gasteiger partial charge in [0.15, 0.2) is 0 Å². The highest BCUT2D eigenvalue weighted by Crippen LogP contribution is 2.51. The molecule has 1 N–H and O–H groups in total. The first-order valence-corrected chi connectivity index (χ1v) is 10.1. The van der Waals surface area contributed by atoms with Crippen molar-refractivity contribution in [3.8, 4) is 11.5 Å². The summed E-state index contributed by atoms with van der Waals surface area (Å²) in [7, 11) is 0. The number of unbranched alkanes of at least 4 members (excludes halogenated alkanes) is 2. The molecule has 0 aromatic heterocycles. The minimum Gasteiger partial charge on any atom is -0.462 e. The van der Waals surface area contributed by atoms with E-state index in [1.807, 2.05) is 6.07 Å². The Kier molecular flexibility index (Phi) is 6.55. The van der Waals surface area contributed by atoms with Crippen LogP contribution < -0.4 is 14.8 Å². The van der Waals surface area contributed by atoms with Crippen LogP contribution in [-0.4, -0.2) is 18.9 Å². The van der Waals surface area contributed by atoms with Crippen molar-refractivity contribution in [2.75, 3.05) is 6.54 Å². The second kappa shape index (κ2) is 9.09. The summed E-state index contributed by atoms with van der Waals surface area (Å²) in [5.74, 6) is 1.85. The molecule has 0 fully saturated rings. The molecule has 1 heterocycles. The summed E-state index contributed by atoms with van der Waals surface area (Å²) in [5.41, 5.74) is 3.32. The molecule has 1 aliphatic heterocycles. The standard InChI is InChI=1S/C23H29NO4/c1-4-5-6-7-17-11-20-23(21(12-17)28-22(26)13-24-14-25)19-10-15(2)8-9-18(19)16(3)27-20/h10-12,14,18-19H,3-9,13H2,1-2H3,(H,24,25)/t18-,19+/m0/s1. The van der Waals surface area contributed by atoms with Gasteiger partial charge in [0.2, 0.25) is 6.41 Å². The third-order valence-corrected chi connectivity index (χ3v) is 5.52. The summed E-state index contributed by atoms with van der Waals surface area (Å²) in [6.45, 7) is 8.30. The van der Waals surface area contributed by atoms with Crippen molar-refractivity contribution in [3.05, 3.63) is 47.2 Å². The van der Waals surface area contributed by atoms with Crippen LogP contribution >= 0.6 is 0 Å². The van der Waals surface area contributed by atoms with Gasteiger partial charge < -0.3 is 14.8 Å². The lowest BCUT2D eigenvalue weighted by Crippen LogP contribution is -2.28. The first-order valence-electron chi connectivity index (χ1n) is 10.1. The zero-order chi connectivity index (χ0) is 20.1. The number of rotatable bonds is 8. The zero-order valence-corrected chi connectivity index (χ0v) is 16.8. The van der Waals surface area contributed by atoms with Crippen molar-refractivity contribution in [2.24, 2.45) is 5.92 Å². The molecule has 5 nitrogen and oxygen atoms in total. The molecule has 1 amide bonds. The smallest absolute Gasteiger partial charge is 0.330 e. The number of carbonyl (C=O) groups excluding carboxylic acids is 2. The fourth-order valence-corrected chi connectivity index (χ4v) is 4.09. The van der Waals surface area contributed by atoms with Crippen molar-refractivity contribution < 1.29 is 19.1 Å². The summed E-state index contributed by atoms with van der Waals surface area (Å²) >= 11 is 0. The van der Waals surface area contributed by atoms with E-state index in [2.05, 4.69) is 37.9 Å². The van der Waals surface area contributed by atoms with Crippen molar-refractivity contribution >= 4 is 12.4 Å². The van der Waals surface area contributed by atoms with E-state index in [1.165, 1.54) is 5.57 Å². The third-order valence-electron chi connectivity index (χ3n) is 5.52. The van der Waals surface area contributed by atoms with E-state index < -0.39 is 5.97 Å². The highest BCUT2D eigenvalue weighted by Gasteiger charge is 2.37. The van der Waals surface area contributed by atoms with Gasteiger partial charge in [0.25, 0.3) is 0 Å². The summed E-state index contributed by atoms with van der Waals surface area (Å²) in [6.07, 6.45) is 9.00. The number of esters is 1. The minimum absolute atomic E-state index is 0.0940. The summed E-state index contributed by atoms with van der Waals surface area (Å²) < 4.78 is 11.8. The summed E-state index contributed by atoms with van der Waals surface area (Å²) in [6, 6.07) is 4.02. The van der Waals surface area contributed by atoms with Crippen molar-refractivity contribution in [1.29, 1.82) is 0 Å². The molecule has 0 bridgehead atoms. The van der Waals surface area contributed by atoms with Crippen LogP contribution in [0.2, 0.25) is 0 Å². The van der Waals surface area contributed by atoms with E-state index in [1.54, 1.807) is 0 Å². The highest BCUT2D eigenvalue weighted by atomic mass is 16.5. The van der Waals surface area contributed by atoms with Crippen LogP contribution in [0.1, 0.15) is 63.0 Å². The monoisotopic (exact) mass is 383 g/mol. The second-order valence-electron chi connectivity index (χ2n) is 7.69. The van der Waals surface area contributed by atoms with E-state index in [0.29, 0.717) is 12.2 Å². The predicted molar refractivity (Wildman–Crippen MR) is 108 cm³/mol. The van der Waals surface area contributed by atoms with Crippen molar-refractivity contribution in [1.82, 2.24) is 5.32 Å². The van der Waals surface area contributed by atoms with Gasteiger partial charge in [-0.25, -0.2) is 4.79 Å². The Morgan fingerprint density at radius 3 is 2.96 bits per heavy atom. The molecule has 0 unspecified atom stereocenters. The minimum atomic E-state index is -0.488. The van der Waals surface area contributed by atoms with E-state index >= 15 is 0 Å². The fourth-order valence-electron chi connectivity index (χ4n) is 4.09. The highest BCUT2D eigenvalue weighted by molar-refractivity contribution is 5.77. The van der Waals surface area contributed by atoms with Crippen LogP contribution in [0, 0.1) is 5.92 Å². The Morgan fingerprint density at radius 2 is 2.21 bits per heavy atom. The Labute approximate surface area is 166 Å². The fraction of sp³-hybridized carbons (Fsp3) is 0.478. The zero-order valence-electron chi connectivity index (χ0n) is 16.8. The molecule has 2 atom stereocenters.